The molecule has 0 saturated heterocycles. The number of para-hydroxylation sites is 1. The molecule has 1 amide bonds. The summed E-state index contributed by atoms with van der Waals surface area (Å²) in [6.07, 6.45) is 0.862. The molecule has 27 heavy (non-hydrogen) atoms. The van der Waals surface area contributed by atoms with Gasteiger partial charge in [-0.3, -0.25) is 9.69 Å². The molecule has 1 aromatic carbocycles. The van der Waals surface area contributed by atoms with Crippen LogP contribution < -0.4 is 5.32 Å². The zero-order chi connectivity index (χ0) is 20.0. The summed E-state index contributed by atoms with van der Waals surface area (Å²) >= 11 is 0. The Hall–Kier alpha value is -2.16. The van der Waals surface area contributed by atoms with Crippen LogP contribution in [0.15, 0.2) is 45.9 Å². The zero-order valence-corrected chi connectivity index (χ0v) is 17.0. The van der Waals surface area contributed by atoms with Crippen LogP contribution >= 0.6 is 0 Å². The summed E-state index contributed by atoms with van der Waals surface area (Å²) in [6, 6.07) is 10.7. The predicted octanol–water partition coefficient (Wildman–Crippen LogP) is 2.69. The highest BCUT2D eigenvalue weighted by atomic mass is 32.2. The third kappa shape index (κ3) is 5.66. The van der Waals surface area contributed by atoms with E-state index in [0.717, 1.165) is 22.0 Å². The lowest BCUT2D eigenvalue weighted by molar-refractivity contribution is -0.117. The number of carbonyl (C=O) groups is 1. The van der Waals surface area contributed by atoms with Gasteiger partial charge in [0.1, 0.15) is 5.76 Å². The van der Waals surface area contributed by atoms with Crippen molar-refractivity contribution in [1.29, 1.82) is 0 Å². The summed E-state index contributed by atoms with van der Waals surface area (Å²) in [4.78, 5) is 14.3. The molecule has 0 radical (unpaired) electrons. The number of carbonyl (C=O) groups excluding carboxylic acids is 1. The lowest BCUT2D eigenvalue weighted by Gasteiger charge is -2.20. The number of nitrogens with one attached hydrogen (secondary N) is 1. The Bertz CT molecular complexity index is 875. The number of aryl methyl sites for hydroxylation is 1. The van der Waals surface area contributed by atoms with Crippen LogP contribution in [0.2, 0.25) is 0 Å². The molecule has 0 unspecified atom stereocenters. The molecule has 0 aliphatic rings. The average Bonchev–Trinajstić information content (AvgIpc) is 3.06. The summed E-state index contributed by atoms with van der Waals surface area (Å²) < 4.78 is 30.9. The third-order valence-electron chi connectivity index (χ3n) is 4.08. The van der Waals surface area contributed by atoms with Crippen molar-refractivity contribution in [2.24, 2.45) is 0 Å². The number of hydrogen-bond donors (Lipinski definition) is 1. The Morgan fingerprint density at radius 1 is 1.15 bits per heavy atom. The van der Waals surface area contributed by atoms with Crippen LogP contribution in [-0.4, -0.2) is 50.7 Å². The fourth-order valence-electron chi connectivity index (χ4n) is 2.62. The van der Waals surface area contributed by atoms with Gasteiger partial charge in [-0.05, 0) is 43.7 Å². The first kappa shape index (κ1) is 21.1. The smallest absolute Gasteiger partial charge is 0.275 e. The van der Waals surface area contributed by atoms with Gasteiger partial charge in [0.2, 0.25) is 11.0 Å². The SMILES string of the molecule is CCCN(CC(=O)Nc1ccccc1C)Cc1ccc(S(=O)(=O)N(C)C)o1. The minimum absolute atomic E-state index is 0.0942. The molecule has 1 aromatic heterocycles. The van der Waals surface area contributed by atoms with Gasteiger partial charge in [0.25, 0.3) is 10.0 Å². The van der Waals surface area contributed by atoms with Crippen LogP contribution in [0, 0.1) is 6.92 Å². The minimum atomic E-state index is -3.60. The second kappa shape index (κ2) is 9.16. The van der Waals surface area contributed by atoms with E-state index in [9.17, 15) is 13.2 Å². The largest absolute Gasteiger partial charge is 0.447 e. The highest BCUT2D eigenvalue weighted by Gasteiger charge is 2.22. The maximum Gasteiger partial charge on any atom is 0.275 e. The molecule has 0 spiro atoms. The van der Waals surface area contributed by atoms with Crippen LogP contribution in [0.1, 0.15) is 24.7 Å². The summed E-state index contributed by atoms with van der Waals surface area (Å²) in [5.74, 6) is 0.387. The molecule has 2 aromatic rings. The molecule has 8 heteroatoms. The average molecular weight is 394 g/mol. The van der Waals surface area contributed by atoms with E-state index in [4.69, 9.17) is 4.42 Å². The van der Waals surface area contributed by atoms with Crippen molar-refractivity contribution in [2.75, 3.05) is 32.5 Å². The molecule has 0 atom stereocenters. The second-order valence-electron chi connectivity index (χ2n) is 6.58. The fourth-order valence-corrected chi connectivity index (χ4v) is 3.43. The molecule has 1 N–H and O–H groups in total. The van der Waals surface area contributed by atoms with E-state index in [1.165, 1.54) is 20.2 Å². The van der Waals surface area contributed by atoms with Gasteiger partial charge >= 0.3 is 0 Å². The molecule has 0 saturated carbocycles. The molecule has 0 aliphatic heterocycles. The van der Waals surface area contributed by atoms with Gasteiger partial charge in [-0.2, -0.15) is 0 Å². The molecule has 0 aliphatic carbocycles. The van der Waals surface area contributed by atoms with E-state index in [-0.39, 0.29) is 17.5 Å². The van der Waals surface area contributed by atoms with Crippen molar-refractivity contribution in [1.82, 2.24) is 9.21 Å². The number of nitrogens with zero attached hydrogens (tertiary/aromatic N) is 2. The number of furan rings is 1. The quantitative estimate of drug-likeness (QED) is 0.708. The van der Waals surface area contributed by atoms with Crippen molar-refractivity contribution in [3.05, 3.63) is 47.7 Å². The minimum Gasteiger partial charge on any atom is -0.447 e. The molecular formula is C19H27N3O4S. The number of anilines is 1. The Morgan fingerprint density at radius 2 is 1.85 bits per heavy atom. The second-order valence-corrected chi connectivity index (χ2v) is 8.66. The van der Waals surface area contributed by atoms with Gasteiger partial charge < -0.3 is 9.73 Å². The monoisotopic (exact) mass is 393 g/mol. The van der Waals surface area contributed by atoms with E-state index in [2.05, 4.69) is 5.32 Å². The molecule has 1 heterocycles. The summed E-state index contributed by atoms with van der Waals surface area (Å²) in [7, 11) is -0.693. The molecule has 7 nitrogen and oxygen atoms in total. The van der Waals surface area contributed by atoms with Crippen molar-refractivity contribution < 1.29 is 17.6 Å². The van der Waals surface area contributed by atoms with Crippen LogP contribution in [0.25, 0.3) is 0 Å². The van der Waals surface area contributed by atoms with E-state index in [1.54, 1.807) is 6.07 Å². The van der Waals surface area contributed by atoms with Crippen molar-refractivity contribution >= 4 is 21.6 Å². The van der Waals surface area contributed by atoms with Gasteiger partial charge in [0.15, 0.2) is 0 Å². The summed E-state index contributed by atoms with van der Waals surface area (Å²) in [5.41, 5.74) is 1.79. The number of sulfonamides is 1. The first-order valence-electron chi connectivity index (χ1n) is 8.83. The zero-order valence-electron chi connectivity index (χ0n) is 16.2. The normalized spacial score (nSPS) is 11.9. The van der Waals surface area contributed by atoms with Gasteiger partial charge in [-0.25, -0.2) is 12.7 Å². The van der Waals surface area contributed by atoms with E-state index in [0.29, 0.717) is 18.8 Å². The predicted molar refractivity (Wildman–Crippen MR) is 105 cm³/mol. The highest BCUT2D eigenvalue weighted by molar-refractivity contribution is 7.88. The maximum atomic E-state index is 12.4. The third-order valence-corrected chi connectivity index (χ3v) is 5.77. The highest BCUT2D eigenvalue weighted by Crippen LogP contribution is 2.18. The molecule has 148 valence electrons. The molecular weight excluding hydrogens is 366 g/mol. The summed E-state index contributed by atoms with van der Waals surface area (Å²) in [6.45, 7) is 5.21. The van der Waals surface area contributed by atoms with Crippen molar-refractivity contribution in [3.63, 3.8) is 0 Å². The number of rotatable bonds is 9. The Labute approximate surface area is 161 Å². The Balaban J connectivity index is 2.04. The van der Waals surface area contributed by atoms with E-state index >= 15 is 0 Å². The maximum absolute atomic E-state index is 12.4. The molecule has 0 bridgehead atoms. The van der Waals surface area contributed by atoms with Gasteiger partial charge in [0, 0.05) is 19.8 Å². The number of amides is 1. The number of benzene rings is 1. The van der Waals surface area contributed by atoms with Gasteiger partial charge in [0.05, 0.1) is 13.1 Å². The molecule has 2 rings (SSSR count). The fraction of sp³-hybridized carbons (Fsp3) is 0.421. The Morgan fingerprint density at radius 3 is 2.48 bits per heavy atom. The first-order valence-corrected chi connectivity index (χ1v) is 10.3. The standard InChI is InChI=1S/C19H27N3O4S/c1-5-12-22(14-18(23)20-17-9-7-6-8-15(17)2)13-16-10-11-19(26-16)27(24,25)21(3)4/h6-11H,5,12-14H2,1-4H3,(H,20,23). The van der Waals surface area contributed by atoms with Gasteiger partial charge in [-0.15, -0.1) is 0 Å². The van der Waals surface area contributed by atoms with Gasteiger partial charge in [-0.1, -0.05) is 25.1 Å². The lowest BCUT2D eigenvalue weighted by atomic mass is 10.2. The summed E-state index contributed by atoms with van der Waals surface area (Å²) in [5, 5.41) is 2.82. The molecule has 0 fully saturated rings. The lowest BCUT2D eigenvalue weighted by Crippen LogP contribution is -2.33. The van der Waals surface area contributed by atoms with E-state index < -0.39 is 10.0 Å². The van der Waals surface area contributed by atoms with Crippen molar-refractivity contribution in [2.45, 2.75) is 31.9 Å². The topological polar surface area (TPSA) is 82.9 Å². The first-order chi connectivity index (χ1) is 12.7. The van der Waals surface area contributed by atoms with Crippen LogP contribution in [0.3, 0.4) is 0 Å². The van der Waals surface area contributed by atoms with Crippen LogP contribution in [0.5, 0.6) is 0 Å². The van der Waals surface area contributed by atoms with Crippen molar-refractivity contribution in [3.8, 4) is 0 Å². The Kier molecular flexibility index (Phi) is 7.18. The van der Waals surface area contributed by atoms with Crippen LogP contribution in [-0.2, 0) is 21.4 Å². The van der Waals surface area contributed by atoms with E-state index in [1.807, 2.05) is 43.0 Å². The number of hydrogen-bond acceptors (Lipinski definition) is 5. The van der Waals surface area contributed by atoms with Crippen LogP contribution in [0.4, 0.5) is 5.69 Å².